The van der Waals surface area contributed by atoms with E-state index in [4.69, 9.17) is 21.7 Å². The number of ketones is 1. The van der Waals surface area contributed by atoms with Gasteiger partial charge >= 0.3 is 11.9 Å². The van der Waals surface area contributed by atoms with Gasteiger partial charge in [0.1, 0.15) is 6.04 Å². The van der Waals surface area contributed by atoms with Gasteiger partial charge in [0.25, 0.3) is 0 Å². The van der Waals surface area contributed by atoms with Crippen LogP contribution in [0.15, 0.2) is 0 Å². The fraction of sp³-hybridized carbons (Fsp3) is 0.765. The Labute approximate surface area is 163 Å². The molecular formula is C17H31N3O6S. The first-order valence-electron chi connectivity index (χ1n) is 8.92. The van der Waals surface area contributed by atoms with E-state index >= 15 is 0 Å². The molecule has 0 saturated heterocycles. The van der Waals surface area contributed by atoms with E-state index in [1.807, 2.05) is 0 Å². The lowest BCUT2D eigenvalue weighted by Gasteiger charge is -2.20. The van der Waals surface area contributed by atoms with Gasteiger partial charge in [-0.1, -0.05) is 6.42 Å². The number of nitrogens with one attached hydrogen (secondary N) is 1. The van der Waals surface area contributed by atoms with Crippen LogP contribution in [0.5, 0.6) is 0 Å². The van der Waals surface area contributed by atoms with E-state index in [1.165, 1.54) is 11.8 Å². The van der Waals surface area contributed by atoms with E-state index in [2.05, 4.69) is 5.32 Å². The zero-order chi connectivity index (χ0) is 20.8. The second-order valence-corrected chi connectivity index (χ2v) is 7.39. The Kier molecular flexibility index (Phi) is 13.5. The van der Waals surface area contributed by atoms with Crippen LogP contribution in [0.2, 0.25) is 0 Å². The summed E-state index contributed by atoms with van der Waals surface area (Å²) in [6.07, 6.45) is 3.72. The summed E-state index contributed by atoms with van der Waals surface area (Å²) in [6, 6.07) is -1.87. The zero-order valence-corrected chi connectivity index (χ0v) is 16.5. The summed E-state index contributed by atoms with van der Waals surface area (Å²) in [6.45, 7) is 0.511. The summed E-state index contributed by atoms with van der Waals surface area (Å²) in [4.78, 5) is 46.3. The van der Waals surface area contributed by atoms with Crippen LogP contribution in [0.25, 0.3) is 0 Å². The number of unbranched alkanes of at least 4 members (excludes halogenated alkanes) is 1. The maximum atomic E-state index is 12.6. The van der Waals surface area contributed by atoms with Crippen LogP contribution in [-0.2, 0) is 19.2 Å². The van der Waals surface area contributed by atoms with Crippen LogP contribution in [0, 0.1) is 5.92 Å². The van der Waals surface area contributed by atoms with E-state index in [1.54, 1.807) is 6.26 Å². The molecule has 156 valence electrons. The molecule has 3 unspecified atom stereocenters. The molecule has 0 spiro atoms. The maximum absolute atomic E-state index is 12.6. The summed E-state index contributed by atoms with van der Waals surface area (Å²) in [5, 5.41) is 20.4. The van der Waals surface area contributed by atoms with Crippen LogP contribution in [0.1, 0.15) is 44.9 Å². The van der Waals surface area contributed by atoms with Crippen molar-refractivity contribution in [1.82, 2.24) is 5.32 Å². The predicted octanol–water partition coefficient (Wildman–Crippen LogP) is 0.205. The van der Waals surface area contributed by atoms with Crippen molar-refractivity contribution in [2.24, 2.45) is 17.4 Å². The number of hydrogen-bond donors (Lipinski definition) is 5. The number of rotatable bonds is 16. The molecule has 0 saturated carbocycles. The number of carbonyl (C=O) groups is 4. The SMILES string of the molecule is CSCC(NC(=O)CCC(N)C(=O)O)C(=O)CC(CCCCN)CC(=O)O. The van der Waals surface area contributed by atoms with Crippen molar-refractivity contribution in [3.8, 4) is 0 Å². The number of hydrogen-bond acceptors (Lipinski definition) is 7. The summed E-state index contributed by atoms with van der Waals surface area (Å²) in [5.74, 6) is -2.76. The van der Waals surface area contributed by atoms with Gasteiger partial charge in [0.2, 0.25) is 5.91 Å². The average molecular weight is 406 g/mol. The number of nitrogens with two attached hydrogens (primary N) is 2. The molecule has 0 aromatic carbocycles. The molecule has 9 nitrogen and oxygen atoms in total. The summed E-state index contributed by atoms with van der Waals surface area (Å²) in [5.41, 5.74) is 10.8. The molecule has 0 aliphatic carbocycles. The highest BCUT2D eigenvalue weighted by Gasteiger charge is 2.25. The molecule has 0 bridgehead atoms. The van der Waals surface area contributed by atoms with Gasteiger partial charge in [-0.25, -0.2) is 0 Å². The van der Waals surface area contributed by atoms with Gasteiger partial charge in [0.05, 0.1) is 6.04 Å². The largest absolute Gasteiger partial charge is 0.481 e. The number of thioether (sulfide) groups is 1. The third-order valence-corrected chi connectivity index (χ3v) is 4.74. The fourth-order valence-electron chi connectivity index (χ4n) is 2.59. The number of Topliss-reactive ketones (excluding diaryl/α,β-unsaturated/α-hetero) is 1. The van der Waals surface area contributed by atoms with Crippen LogP contribution >= 0.6 is 11.8 Å². The first-order valence-corrected chi connectivity index (χ1v) is 10.3. The van der Waals surface area contributed by atoms with Crippen LogP contribution in [0.4, 0.5) is 0 Å². The van der Waals surface area contributed by atoms with Gasteiger partial charge in [-0.3, -0.25) is 19.2 Å². The highest BCUT2D eigenvalue weighted by Crippen LogP contribution is 2.19. The lowest BCUT2D eigenvalue weighted by atomic mass is 9.91. The Morgan fingerprint density at radius 1 is 1.07 bits per heavy atom. The van der Waals surface area contributed by atoms with Gasteiger partial charge in [0, 0.05) is 25.0 Å². The van der Waals surface area contributed by atoms with Gasteiger partial charge in [-0.2, -0.15) is 11.8 Å². The second kappa shape index (κ2) is 14.4. The third-order valence-electron chi connectivity index (χ3n) is 4.08. The highest BCUT2D eigenvalue weighted by molar-refractivity contribution is 7.98. The number of carbonyl (C=O) groups excluding carboxylic acids is 2. The summed E-state index contributed by atoms with van der Waals surface area (Å²) in [7, 11) is 0. The van der Waals surface area contributed by atoms with E-state index < -0.39 is 29.9 Å². The minimum atomic E-state index is -1.19. The maximum Gasteiger partial charge on any atom is 0.320 e. The standard InChI is InChI=1S/C17H31N3O6S/c1-27-10-13(20-15(22)6-5-12(19)17(25)26)14(21)8-11(9-16(23)24)4-2-3-7-18/h11-13H,2-10,18-19H2,1H3,(H,20,22)(H,23,24)(H,25,26). The van der Waals surface area contributed by atoms with E-state index in [-0.39, 0.29) is 37.4 Å². The Bertz CT molecular complexity index is 503. The molecule has 0 aliphatic rings. The quantitative estimate of drug-likeness (QED) is 0.225. The normalized spacial score (nSPS) is 14.2. The van der Waals surface area contributed by atoms with Crippen molar-refractivity contribution in [1.29, 1.82) is 0 Å². The van der Waals surface area contributed by atoms with Crippen molar-refractivity contribution < 1.29 is 29.4 Å². The Balaban J connectivity index is 4.73. The van der Waals surface area contributed by atoms with Crippen molar-refractivity contribution in [2.45, 2.75) is 57.0 Å². The van der Waals surface area contributed by atoms with Crippen molar-refractivity contribution in [3.05, 3.63) is 0 Å². The molecule has 10 heteroatoms. The molecule has 3 atom stereocenters. The predicted molar refractivity (Wildman–Crippen MR) is 103 cm³/mol. The molecule has 27 heavy (non-hydrogen) atoms. The first-order chi connectivity index (χ1) is 12.7. The van der Waals surface area contributed by atoms with Gasteiger partial charge < -0.3 is 27.0 Å². The number of carboxylic acid groups (broad SMARTS) is 2. The zero-order valence-electron chi connectivity index (χ0n) is 15.7. The highest BCUT2D eigenvalue weighted by atomic mass is 32.2. The van der Waals surface area contributed by atoms with Crippen molar-refractivity contribution in [2.75, 3.05) is 18.6 Å². The van der Waals surface area contributed by atoms with Gasteiger partial charge in [-0.15, -0.1) is 0 Å². The lowest BCUT2D eigenvalue weighted by Crippen LogP contribution is -2.44. The molecule has 7 N–H and O–H groups in total. The van der Waals surface area contributed by atoms with Crippen LogP contribution in [-0.4, -0.2) is 64.5 Å². The smallest absolute Gasteiger partial charge is 0.320 e. The minimum absolute atomic E-state index is 0.0257. The number of amides is 1. The van der Waals surface area contributed by atoms with Crippen molar-refractivity contribution in [3.63, 3.8) is 0 Å². The first kappa shape index (κ1) is 25.4. The van der Waals surface area contributed by atoms with E-state index in [9.17, 15) is 19.2 Å². The molecule has 1 amide bonds. The van der Waals surface area contributed by atoms with E-state index in [0.29, 0.717) is 18.7 Å². The van der Waals surface area contributed by atoms with Gasteiger partial charge in [-0.05, 0) is 38.0 Å². The molecule has 0 aliphatic heterocycles. The molecule has 0 fully saturated rings. The molecular weight excluding hydrogens is 374 g/mol. The van der Waals surface area contributed by atoms with Crippen LogP contribution < -0.4 is 16.8 Å². The Hall–Kier alpha value is -1.65. The third kappa shape index (κ3) is 12.4. The topological polar surface area (TPSA) is 173 Å². The number of carboxylic acids is 2. The fourth-order valence-corrected chi connectivity index (χ4v) is 3.19. The summed E-state index contributed by atoms with van der Waals surface area (Å²) >= 11 is 1.38. The monoisotopic (exact) mass is 405 g/mol. The molecule has 0 aromatic rings. The number of aliphatic carboxylic acids is 2. The van der Waals surface area contributed by atoms with E-state index in [0.717, 1.165) is 12.8 Å². The van der Waals surface area contributed by atoms with Gasteiger partial charge in [0.15, 0.2) is 5.78 Å². The molecule has 0 rings (SSSR count). The average Bonchev–Trinajstić information content (AvgIpc) is 2.58. The second-order valence-electron chi connectivity index (χ2n) is 6.48. The Morgan fingerprint density at radius 3 is 2.26 bits per heavy atom. The van der Waals surface area contributed by atoms with Crippen molar-refractivity contribution >= 4 is 35.4 Å². The summed E-state index contributed by atoms with van der Waals surface area (Å²) < 4.78 is 0. The lowest BCUT2D eigenvalue weighted by molar-refractivity contribution is -0.140. The minimum Gasteiger partial charge on any atom is -0.481 e. The Morgan fingerprint density at radius 2 is 1.74 bits per heavy atom. The molecule has 0 radical (unpaired) electrons. The molecule has 0 heterocycles. The molecule has 0 aromatic heterocycles. The van der Waals surface area contributed by atoms with Crippen LogP contribution in [0.3, 0.4) is 0 Å².